The average molecular weight is 257 g/mol. The fourth-order valence-electron chi connectivity index (χ4n) is 1.30. The molecule has 1 rings (SSSR count). The summed E-state index contributed by atoms with van der Waals surface area (Å²) >= 11 is 0. The summed E-state index contributed by atoms with van der Waals surface area (Å²) in [4.78, 5) is 10.3. The van der Waals surface area contributed by atoms with Crippen molar-refractivity contribution < 1.29 is 31.1 Å². The normalized spacial score (nSPS) is 12.6. The second-order valence-electron chi connectivity index (χ2n) is 3.15. The number of nitrogen functional groups attached to an aromatic ring is 1. The van der Waals surface area contributed by atoms with Crippen molar-refractivity contribution in [3.05, 3.63) is 28.8 Å². The molecule has 0 aliphatic heterocycles. The van der Waals surface area contributed by atoms with Crippen molar-refractivity contribution in [1.29, 1.82) is 0 Å². The van der Waals surface area contributed by atoms with E-state index >= 15 is 0 Å². The first kappa shape index (κ1) is 13.3. The molecule has 17 heavy (non-hydrogen) atoms. The molecule has 0 bridgehead atoms. The van der Waals surface area contributed by atoms with Gasteiger partial charge in [-0.1, -0.05) is 0 Å². The summed E-state index contributed by atoms with van der Waals surface area (Å²) in [5, 5.41) is 0. The molecule has 0 unspecified atom stereocenters. The summed E-state index contributed by atoms with van der Waals surface area (Å²) in [6.07, 6.45) is -10.5. The first-order valence-corrected chi connectivity index (χ1v) is 4.10. The quantitative estimate of drug-likeness (QED) is 0.477. The number of carbonyl (C=O) groups excluding carboxylic acids is 1. The van der Waals surface area contributed by atoms with Gasteiger partial charge in [0.1, 0.15) is 6.29 Å². The second-order valence-corrected chi connectivity index (χ2v) is 3.15. The maximum Gasteiger partial charge on any atom is 0.418 e. The number of hydrogen-bond donors (Lipinski definition) is 1. The Morgan fingerprint density at radius 3 is 1.88 bits per heavy atom. The van der Waals surface area contributed by atoms with Gasteiger partial charge in [0.2, 0.25) is 0 Å². The van der Waals surface area contributed by atoms with Crippen LogP contribution < -0.4 is 5.73 Å². The summed E-state index contributed by atoms with van der Waals surface area (Å²) in [6.45, 7) is 0. The molecule has 0 amide bonds. The molecule has 0 saturated heterocycles. The van der Waals surface area contributed by atoms with Crippen LogP contribution in [-0.2, 0) is 12.4 Å². The largest absolute Gasteiger partial charge is 0.418 e. The lowest BCUT2D eigenvalue weighted by Gasteiger charge is -2.17. The van der Waals surface area contributed by atoms with Crippen molar-refractivity contribution >= 4 is 12.0 Å². The van der Waals surface area contributed by atoms with Gasteiger partial charge in [0.15, 0.2) is 0 Å². The topological polar surface area (TPSA) is 43.1 Å². The highest BCUT2D eigenvalue weighted by atomic mass is 19.4. The van der Waals surface area contributed by atoms with Crippen LogP contribution in [0.2, 0.25) is 0 Å². The van der Waals surface area contributed by atoms with Crippen LogP contribution in [0.4, 0.5) is 32.0 Å². The highest BCUT2D eigenvalue weighted by Gasteiger charge is 2.44. The van der Waals surface area contributed by atoms with Gasteiger partial charge in [-0.05, 0) is 12.1 Å². The van der Waals surface area contributed by atoms with Gasteiger partial charge in [-0.3, -0.25) is 4.79 Å². The molecular weight excluding hydrogens is 252 g/mol. The van der Waals surface area contributed by atoms with Crippen molar-refractivity contribution in [3.8, 4) is 0 Å². The van der Waals surface area contributed by atoms with Gasteiger partial charge >= 0.3 is 12.4 Å². The highest BCUT2D eigenvalue weighted by Crippen LogP contribution is 2.43. The molecule has 0 aliphatic carbocycles. The zero-order valence-electron chi connectivity index (χ0n) is 7.99. The molecule has 1 aromatic rings. The molecule has 94 valence electrons. The highest BCUT2D eigenvalue weighted by molar-refractivity contribution is 5.78. The number of carbonyl (C=O) groups is 1. The van der Waals surface area contributed by atoms with Crippen LogP contribution in [-0.4, -0.2) is 6.29 Å². The van der Waals surface area contributed by atoms with Crippen LogP contribution in [0.15, 0.2) is 12.1 Å². The number of aldehydes is 1. The standard InChI is InChI=1S/C9H5F6NO/c10-8(11,12)5-1-4(3-17)2-6(16)7(5)9(13,14)15/h1-3H,16H2. The molecule has 0 radical (unpaired) electrons. The first-order valence-electron chi connectivity index (χ1n) is 4.10. The Kier molecular flexibility index (Phi) is 3.09. The number of benzene rings is 1. The summed E-state index contributed by atoms with van der Waals surface area (Å²) < 4.78 is 74.4. The Hall–Kier alpha value is -1.73. The lowest BCUT2D eigenvalue weighted by atomic mass is 10.0. The average Bonchev–Trinajstić information content (AvgIpc) is 2.12. The number of halogens is 6. The van der Waals surface area contributed by atoms with E-state index in [1.54, 1.807) is 0 Å². The fourth-order valence-corrected chi connectivity index (χ4v) is 1.30. The molecule has 0 heterocycles. The van der Waals surface area contributed by atoms with E-state index in [1.165, 1.54) is 0 Å². The number of anilines is 1. The maximum absolute atomic E-state index is 12.4. The third-order valence-electron chi connectivity index (χ3n) is 1.92. The molecule has 2 nitrogen and oxygen atoms in total. The van der Waals surface area contributed by atoms with Gasteiger partial charge < -0.3 is 5.73 Å². The SMILES string of the molecule is Nc1cc(C=O)cc(C(F)(F)F)c1C(F)(F)F. The Labute approximate surface area is 91.0 Å². The third kappa shape index (κ3) is 2.69. The number of rotatable bonds is 1. The molecule has 2 N–H and O–H groups in total. The van der Waals surface area contributed by atoms with Gasteiger partial charge in [-0.15, -0.1) is 0 Å². The molecule has 8 heteroatoms. The molecule has 0 saturated carbocycles. The van der Waals surface area contributed by atoms with Crippen LogP contribution >= 0.6 is 0 Å². The van der Waals surface area contributed by atoms with E-state index in [-0.39, 0.29) is 12.4 Å². The monoisotopic (exact) mass is 257 g/mol. The lowest BCUT2D eigenvalue weighted by Crippen LogP contribution is -2.19. The van der Waals surface area contributed by atoms with Crippen molar-refractivity contribution in [3.63, 3.8) is 0 Å². The minimum atomic E-state index is -5.24. The molecule has 0 aliphatic rings. The molecule has 0 aromatic heterocycles. The maximum atomic E-state index is 12.4. The first-order chi connectivity index (χ1) is 7.57. The van der Waals surface area contributed by atoms with E-state index in [4.69, 9.17) is 5.73 Å². The third-order valence-corrected chi connectivity index (χ3v) is 1.92. The Balaban J connectivity index is 3.63. The zero-order chi connectivity index (χ0) is 13.4. The predicted molar refractivity (Wildman–Crippen MR) is 46.2 cm³/mol. The van der Waals surface area contributed by atoms with Gasteiger partial charge in [0, 0.05) is 11.3 Å². The van der Waals surface area contributed by atoms with Crippen LogP contribution in [0.1, 0.15) is 21.5 Å². The summed E-state index contributed by atoms with van der Waals surface area (Å²) in [5.74, 6) is 0. The fraction of sp³-hybridized carbons (Fsp3) is 0.222. The van der Waals surface area contributed by atoms with Crippen molar-refractivity contribution in [1.82, 2.24) is 0 Å². The van der Waals surface area contributed by atoms with E-state index in [9.17, 15) is 31.1 Å². The summed E-state index contributed by atoms with van der Waals surface area (Å²) in [7, 11) is 0. The van der Waals surface area contributed by atoms with Gasteiger partial charge in [0.25, 0.3) is 0 Å². The van der Waals surface area contributed by atoms with Gasteiger partial charge in [-0.2, -0.15) is 26.3 Å². The Bertz CT molecular complexity index is 448. The van der Waals surface area contributed by atoms with Crippen LogP contribution in [0.25, 0.3) is 0 Å². The van der Waals surface area contributed by atoms with E-state index in [2.05, 4.69) is 0 Å². The number of alkyl halides is 6. The summed E-state index contributed by atoms with van der Waals surface area (Å²) in [6, 6.07) is 0.664. The second kappa shape index (κ2) is 3.94. The molecule has 1 aromatic carbocycles. The lowest BCUT2D eigenvalue weighted by molar-refractivity contribution is -0.161. The molecular formula is C9H5F6NO. The van der Waals surface area contributed by atoms with E-state index < -0.39 is 34.7 Å². The van der Waals surface area contributed by atoms with Crippen molar-refractivity contribution in [2.75, 3.05) is 5.73 Å². The van der Waals surface area contributed by atoms with Crippen LogP contribution in [0, 0.1) is 0 Å². The molecule has 0 spiro atoms. The van der Waals surface area contributed by atoms with Crippen molar-refractivity contribution in [2.45, 2.75) is 12.4 Å². The van der Waals surface area contributed by atoms with E-state index in [0.29, 0.717) is 6.07 Å². The Morgan fingerprint density at radius 2 is 1.53 bits per heavy atom. The minimum Gasteiger partial charge on any atom is -0.398 e. The van der Waals surface area contributed by atoms with Gasteiger partial charge in [-0.25, -0.2) is 0 Å². The van der Waals surface area contributed by atoms with Crippen molar-refractivity contribution in [2.24, 2.45) is 0 Å². The summed E-state index contributed by atoms with van der Waals surface area (Å²) in [5.41, 5.74) is -0.737. The predicted octanol–water partition coefficient (Wildman–Crippen LogP) is 3.12. The molecule has 0 atom stereocenters. The smallest absolute Gasteiger partial charge is 0.398 e. The minimum absolute atomic E-state index is 0.00818. The van der Waals surface area contributed by atoms with Gasteiger partial charge in [0.05, 0.1) is 11.1 Å². The number of nitrogens with two attached hydrogens (primary N) is 1. The molecule has 0 fully saturated rings. The van der Waals surface area contributed by atoms with E-state index in [0.717, 1.165) is 0 Å². The van der Waals surface area contributed by atoms with Crippen LogP contribution in [0.3, 0.4) is 0 Å². The number of hydrogen-bond acceptors (Lipinski definition) is 2. The van der Waals surface area contributed by atoms with Crippen LogP contribution in [0.5, 0.6) is 0 Å². The zero-order valence-corrected chi connectivity index (χ0v) is 7.99. The van der Waals surface area contributed by atoms with E-state index in [1.807, 2.05) is 0 Å². The Morgan fingerprint density at radius 1 is 1.00 bits per heavy atom.